The van der Waals surface area contributed by atoms with Crippen LogP contribution in [0, 0.1) is 11.8 Å². The molecule has 0 bridgehead atoms. The van der Waals surface area contributed by atoms with Gasteiger partial charge in [-0.25, -0.2) is 0 Å². The maximum Gasteiger partial charge on any atom is 0.253 e. The van der Waals surface area contributed by atoms with Crippen LogP contribution in [0.3, 0.4) is 0 Å². The second kappa shape index (κ2) is 21.8. The van der Waals surface area contributed by atoms with E-state index in [4.69, 9.17) is 0 Å². The zero-order chi connectivity index (χ0) is 41.7. The number of amides is 4. The molecule has 9 heteroatoms. The monoisotopic (exact) mass is 816 g/mol. The first-order valence-electron chi connectivity index (χ1n) is 23.5. The van der Waals surface area contributed by atoms with Crippen molar-refractivity contribution in [1.29, 1.82) is 0 Å². The highest BCUT2D eigenvalue weighted by molar-refractivity contribution is 5.99. The zero-order valence-corrected chi connectivity index (χ0v) is 36.0. The molecule has 3 aromatic carbocycles. The molecule has 322 valence electrons. The summed E-state index contributed by atoms with van der Waals surface area (Å²) in [6, 6.07) is 27.6. The van der Waals surface area contributed by atoms with Crippen molar-refractivity contribution in [2.75, 3.05) is 32.7 Å². The van der Waals surface area contributed by atoms with Gasteiger partial charge in [-0.2, -0.15) is 0 Å². The molecule has 2 aliphatic heterocycles. The van der Waals surface area contributed by atoms with Crippen molar-refractivity contribution in [2.45, 2.75) is 140 Å². The molecule has 9 nitrogen and oxygen atoms in total. The van der Waals surface area contributed by atoms with Gasteiger partial charge in [0.05, 0.1) is 11.8 Å². The Balaban J connectivity index is 0.850. The van der Waals surface area contributed by atoms with Gasteiger partial charge >= 0.3 is 0 Å². The summed E-state index contributed by atoms with van der Waals surface area (Å²) in [5, 5.41) is 10.1. The maximum absolute atomic E-state index is 13.9. The van der Waals surface area contributed by atoms with E-state index in [1.54, 1.807) is 29.2 Å². The van der Waals surface area contributed by atoms with E-state index in [2.05, 4.69) is 47.1 Å². The van der Waals surface area contributed by atoms with E-state index < -0.39 is 11.8 Å². The third-order valence-electron chi connectivity index (χ3n) is 13.5. The number of benzene rings is 3. The average molecular weight is 816 g/mol. The van der Waals surface area contributed by atoms with Crippen LogP contribution in [0.1, 0.15) is 153 Å². The van der Waals surface area contributed by atoms with Crippen LogP contribution in [0.4, 0.5) is 0 Å². The molecule has 0 radical (unpaired) electrons. The summed E-state index contributed by atoms with van der Waals surface area (Å²) >= 11 is 0. The van der Waals surface area contributed by atoms with E-state index >= 15 is 0 Å². The van der Waals surface area contributed by atoms with Gasteiger partial charge in [0.1, 0.15) is 0 Å². The highest BCUT2D eigenvalue weighted by Crippen LogP contribution is 2.42. The number of unbranched alkanes of at least 4 members (excludes halogenated alkanes) is 12. The van der Waals surface area contributed by atoms with Gasteiger partial charge in [-0.15, -0.1) is 0 Å². The van der Waals surface area contributed by atoms with E-state index in [0.29, 0.717) is 23.7 Å². The molecule has 0 aromatic heterocycles. The predicted octanol–water partition coefficient (Wildman–Crippen LogP) is 8.61. The van der Waals surface area contributed by atoms with Crippen molar-refractivity contribution in [2.24, 2.45) is 11.8 Å². The number of hydrogen-bond donors (Lipinski definition) is 3. The first-order valence-corrected chi connectivity index (χ1v) is 23.5. The number of carbonyl (C=O) groups is 4. The van der Waals surface area contributed by atoms with Gasteiger partial charge < -0.3 is 25.8 Å². The van der Waals surface area contributed by atoms with Crippen LogP contribution in [0.5, 0.6) is 0 Å². The van der Waals surface area contributed by atoms with Crippen LogP contribution in [0.2, 0.25) is 0 Å². The molecule has 3 aromatic rings. The van der Waals surface area contributed by atoms with Crippen molar-refractivity contribution in [3.05, 3.63) is 107 Å². The number of carbonyl (C=O) groups excluding carboxylic acids is 4. The standard InChI is InChI=1S/C51H69N5O4/c1-2-3-4-5-6-7-8-9-10-11-12-13-20-30-52-41-29-31-55(34-41)50(59)39-25-27-40(28-26-39)51(60)56-35-44(48(57)53-46-32-42(46)37-21-16-14-17-22-37)45(36-56)49(58)54-47-33-43(47)38-23-18-15-19-24-38/h14-19,21-28,41-47,52H,2-13,20,29-36H2,1H3,(H,53,57)(H,54,58)/t41-,42+,43+,44+,45+,46-,47-/m0/s1. The quantitative estimate of drug-likeness (QED) is 0.0831. The number of rotatable bonds is 23. The average Bonchev–Trinajstić information content (AvgIpc) is 4.11. The minimum atomic E-state index is -0.651. The van der Waals surface area contributed by atoms with Crippen LogP contribution >= 0.6 is 0 Å². The molecule has 2 heterocycles. The normalized spacial score (nSPS) is 24.3. The van der Waals surface area contributed by atoms with Gasteiger partial charge in [-0.1, -0.05) is 145 Å². The molecule has 7 atom stereocenters. The van der Waals surface area contributed by atoms with E-state index in [1.165, 1.54) is 94.6 Å². The molecule has 4 aliphatic rings. The van der Waals surface area contributed by atoms with Crippen molar-refractivity contribution in [1.82, 2.24) is 25.8 Å². The Morgan fingerprint density at radius 1 is 0.533 bits per heavy atom. The van der Waals surface area contributed by atoms with Gasteiger partial charge in [0.2, 0.25) is 11.8 Å². The SMILES string of the molecule is CCCCCCCCCCCCCCCN[C@H]1CCN(C(=O)c2ccc(C(=O)N3C[C@@H](C(=O)N[C@H]4C[C@@H]4c4ccccc4)[C@H](C(=O)N[C@H]4C[C@@H]4c4ccccc4)C3)cc2)C1. The second-order valence-electron chi connectivity index (χ2n) is 18.2. The molecule has 4 amide bonds. The molecular formula is C51H69N5O4. The topological polar surface area (TPSA) is 111 Å². The summed E-state index contributed by atoms with van der Waals surface area (Å²) < 4.78 is 0. The second-order valence-corrected chi connectivity index (χ2v) is 18.2. The van der Waals surface area contributed by atoms with E-state index in [1.807, 2.05) is 41.3 Å². The molecule has 2 saturated carbocycles. The highest BCUT2D eigenvalue weighted by Gasteiger charge is 2.49. The number of nitrogens with one attached hydrogen (secondary N) is 3. The largest absolute Gasteiger partial charge is 0.352 e. The summed E-state index contributed by atoms with van der Waals surface area (Å²) in [6.07, 6.45) is 20.2. The minimum absolute atomic E-state index is 0.0170. The fourth-order valence-electron chi connectivity index (χ4n) is 9.61. The van der Waals surface area contributed by atoms with E-state index in [9.17, 15) is 19.2 Å². The lowest BCUT2D eigenvalue weighted by Crippen LogP contribution is -2.43. The lowest BCUT2D eigenvalue weighted by molar-refractivity contribution is -0.133. The van der Waals surface area contributed by atoms with Crippen LogP contribution in [-0.2, 0) is 9.59 Å². The molecule has 3 N–H and O–H groups in total. The first kappa shape index (κ1) is 43.6. The Kier molecular flexibility index (Phi) is 15.9. The summed E-state index contributed by atoms with van der Waals surface area (Å²) in [7, 11) is 0. The predicted molar refractivity (Wildman–Crippen MR) is 239 cm³/mol. The van der Waals surface area contributed by atoms with E-state index in [0.717, 1.165) is 32.4 Å². The van der Waals surface area contributed by atoms with Gasteiger partial charge in [0.15, 0.2) is 0 Å². The third-order valence-corrected chi connectivity index (χ3v) is 13.5. The van der Waals surface area contributed by atoms with Gasteiger partial charge in [0.25, 0.3) is 11.8 Å². The molecule has 60 heavy (non-hydrogen) atoms. The smallest absolute Gasteiger partial charge is 0.253 e. The molecule has 2 aliphatic carbocycles. The molecule has 2 saturated heterocycles. The highest BCUT2D eigenvalue weighted by atomic mass is 16.2. The zero-order valence-electron chi connectivity index (χ0n) is 36.0. The van der Waals surface area contributed by atoms with Crippen LogP contribution in [0.25, 0.3) is 0 Å². The van der Waals surface area contributed by atoms with Crippen LogP contribution in [-0.4, -0.2) is 84.3 Å². The van der Waals surface area contributed by atoms with Gasteiger partial charge in [-0.05, 0) is 67.6 Å². The van der Waals surface area contributed by atoms with Gasteiger partial charge in [0, 0.05) is 67.3 Å². The van der Waals surface area contributed by atoms with Crippen molar-refractivity contribution >= 4 is 23.6 Å². The lowest BCUT2D eigenvalue weighted by atomic mass is 9.94. The summed E-state index contributed by atoms with van der Waals surface area (Å²) in [6.45, 7) is 5.01. The number of hydrogen-bond acceptors (Lipinski definition) is 5. The lowest BCUT2D eigenvalue weighted by Gasteiger charge is -2.19. The molecule has 0 spiro atoms. The Bertz CT molecular complexity index is 1760. The Morgan fingerprint density at radius 2 is 0.967 bits per heavy atom. The van der Waals surface area contributed by atoms with Crippen molar-refractivity contribution in [3.8, 4) is 0 Å². The summed E-state index contributed by atoms with van der Waals surface area (Å²) in [5.41, 5.74) is 3.41. The fourth-order valence-corrected chi connectivity index (χ4v) is 9.61. The molecule has 0 unspecified atom stereocenters. The first-order chi connectivity index (χ1) is 29.4. The van der Waals surface area contributed by atoms with Crippen LogP contribution in [0.15, 0.2) is 84.9 Å². The minimum Gasteiger partial charge on any atom is -0.352 e. The molecule has 7 rings (SSSR count). The maximum atomic E-state index is 13.9. The number of nitrogens with zero attached hydrogens (tertiary/aromatic N) is 2. The van der Waals surface area contributed by atoms with E-state index in [-0.39, 0.29) is 60.6 Å². The molecular weight excluding hydrogens is 747 g/mol. The van der Waals surface area contributed by atoms with Gasteiger partial charge in [-0.3, -0.25) is 19.2 Å². The fraction of sp³-hybridized carbons (Fsp3) is 0.569. The Morgan fingerprint density at radius 3 is 1.43 bits per heavy atom. The molecule has 4 fully saturated rings. The van der Waals surface area contributed by atoms with Crippen molar-refractivity contribution < 1.29 is 19.2 Å². The van der Waals surface area contributed by atoms with Crippen molar-refractivity contribution in [3.63, 3.8) is 0 Å². The third kappa shape index (κ3) is 12.1. The Labute approximate surface area is 358 Å². The van der Waals surface area contributed by atoms with Crippen LogP contribution < -0.4 is 16.0 Å². The number of likely N-dealkylation sites (tertiary alicyclic amines) is 2. The summed E-state index contributed by atoms with van der Waals surface area (Å²) in [4.78, 5) is 58.7. The Hall–Kier alpha value is -4.50. The summed E-state index contributed by atoms with van der Waals surface area (Å²) in [5.74, 6) is -1.38.